The number of amides is 1. The maximum atomic E-state index is 11.2. The lowest BCUT2D eigenvalue weighted by molar-refractivity contribution is -0.124. The number of piperazine rings is 1. The lowest BCUT2D eigenvalue weighted by Crippen LogP contribution is -2.46. The van der Waals surface area contributed by atoms with Gasteiger partial charge in [0.05, 0.1) is 0 Å². The van der Waals surface area contributed by atoms with Gasteiger partial charge in [-0.25, -0.2) is 5.48 Å². The number of rotatable bonds is 5. The monoisotopic (exact) mass is 338 g/mol. The van der Waals surface area contributed by atoms with Crippen molar-refractivity contribution in [1.82, 2.24) is 15.4 Å². The normalized spacial score (nSPS) is 15.5. The first-order valence-electron chi connectivity index (χ1n) is 8.33. The van der Waals surface area contributed by atoms with Crippen LogP contribution in [0.3, 0.4) is 0 Å². The number of pyridine rings is 1. The highest BCUT2D eigenvalue weighted by Crippen LogP contribution is 2.23. The van der Waals surface area contributed by atoms with E-state index in [1.807, 2.05) is 30.6 Å². The van der Waals surface area contributed by atoms with Crippen LogP contribution in [0.1, 0.15) is 11.1 Å². The molecule has 0 aliphatic carbocycles. The maximum Gasteiger partial charge on any atom is 0.267 e. The zero-order chi connectivity index (χ0) is 17.5. The minimum absolute atomic E-state index is 0.531. The van der Waals surface area contributed by atoms with Crippen molar-refractivity contribution in [3.05, 3.63) is 66.0 Å². The van der Waals surface area contributed by atoms with Crippen LogP contribution in [0.5, 0.6) is 0 Å². The third kappa shape index (κ3) is 4.65. The maximum absolute atomic E-state index is 11.2. The highest BCUT2D eigenvalue weighted by molar-refractivity contribution is 5.91. The number of hydrogen-bond donors (Lipinski definition) is 2. The number of carbonyl (C=O) groups excluding carboxylic acids is 1. The fourth-order valence-corrected chi connectivity index (χ4v) is 3.01. The van der Waals surface area contributed by atoms with Gasteiger partial charge in [0.25, 0.3) is 5.91 Å². The van der Waals surface area contributed by atoms with E-state index in [1.165, 1.54) is 11.6 Å². The smallest absolute Gasteiger partial charge is 0.267 e. The van der Waals surface area contributed by atoms with Crippen molar-refractivity contribution in [2.75, 3.05) is 31.1 Å². The van der Waals surface area contributed by atoms with E-state index >= 15 is 0 Å². The zero-order valence-corrected chi connectivity index (χ0v) is 14.0. The van der Waals surface area contributed by atoms with Crippen LogP contribution in [0.15, 0.2) is 54.9 Å². The fourth-order valence-electron chi connectivity index (χ4n) is 3.01. The standard InChI is InChI=1S/C19H22N4O2/c24-19(21-25)6-5-17-3-1-2-4-18(17)23-13-11-22(12-14-23)15-16-7-9-20-10-8-16/h1-10,25H,11-15H2,(H,21,24). The predicted molar refractivity (Wildman–Crippen MR) is 97.1 cm³/mol. The molecule has 0 radical (unpaired) electrons. The zero-order valence-electron chi connectivity index (χ0n) is 14.0. The van der Waals surface area contributed by atoms with Gasteiger partial charge in [0.2, 0.25) is 0 Å². The number of hydrogen-bond acceptors (Lipinski definition) is 5. The van der Waals surface area contributed by atoms with Crippen LogP contribution in [0, 0.1) is 0 Å². The summed E-state index contributed by atoms with van der Waals surface area (Å²) in [7, 11) is 0. The molecular formula is C19H22N4O2. The minimum Gasteiger partial charge on any atom is -0.368 e. The number of hydroxylamine groups is 1. The Bertz CT molecular complexity index is 725. The average molecular weight is 338 g/mol. The lowest BCUT2D eigenvalue weighted by atomic mass is 10.1. The summed E-state index contributed by atoms with van der Waals surface area (Å²) in [5, 5.41) is 8.61. The summed E-state index contributed by atoms with van der Waals surface area (Å²) >= 11 is 0. The lowest BCUT2D eigenvalue weighted by Gasteiger charge is -2.36. The first-order chi connectivity index (χ1) is 12.3. The van der Waals surface area contributed by atoms with Crippen LogP contribution in [-0.4, -0.2) is 47.2 Å². The molecule has 1 aromatic carbocycles. The molecule has 0 unspecified atom stereocenters. The van der Waals surface area contributed by atoms with Gasteiger partial charge in [-0.2, -0.15) is 0 Å². The predicted octanol–water partition coefficient (Wildman–Crippen LogP) is 1.92. The Balaban J connectivity index is 1.63. The number of aromatic nitrogens is 1. The Kier molecular flexibility index (Phi) is 5.77. The van der Waals surface area contributed by atoms with Crippen molar-refractivity contribution in [2.45, 2.75) is 6.54 Å². The highest BCUT2D eigenvalue weighted by Gasteiger charge is 2.18. The Morgan fingerprint density at radius 1 is 1.12 bits per heavy atom. The summed E-state index contributed by atoms with van der Waals surface area (Å²) in [4.78, 5) is 20.0. The van der Waals surface area contributed by atoms with E-state index in [2.05, 4.69) is 33.0 Å². The van der Waals surface area contributed by atoms with Crippen LogP contribution in [-0.2, 0) is 11.3 Å². The largest absolute Gasteiger partial charge is 0.368 e. The van der Waals surface area contributed by atoms with Gasteiger partial charge in [-0.1, -0.05) is 18.2 Å². The SMILES string of the molecule is O=C(C=Cc1ccccc1N1CCN(Cc2ccncc2)CC1)NO. The van der Waals surface area contributed by atoms with E-state index in [9.17, 15) is 4.79 Å². The molecule has 1 fully saturated rings. The van der Waals surface area contributed by atoms with Gasteiger partial charge in [-0.15, -0.1) is 0 Å². The summed E-state index contributed by atoms with van der Waals surface area (Å²) < 4.78 is 0. The summed E-state index contributed by atoms with van der Waals surface area (Å²) in [6, 6.07) is 12.1. The van der Waals surface area contributed by atoms with Crippen molar-refractivity contribution in [2.24, 2.45) is 0 Å². The molecule has 25 heavy (non-hydrogen) atoms. The van der Waals surface area contributed by atoms with Crippen molar-refractivity contribution >= 4 is 17.7 Å². The Hall–Kier alpha value is -2.70. The van der Waals surface area contributed by atoms with Gasteiger partial charge in [0, 0.05) is 56.9 Å². The molecule has 1 saturated heterocycles. The minimum atomic E-state index is -0.531. The highest BCUT2D eigenvalue weighted by atomic mass is 16.5. The average Bonchev–Trinajstić information content (AvgIpc) is 2.68. The number of nitrogens with one attached hydrogen (secondary N) is 1. The molecule has 1 aliphatic heterocycles. The van der Waals surface area contributed by atoms with Crippen molar-refractivity contribution in [3.8, 4) is 0 Å². The van der Waals surface area contributed by atoms with Gasteiger partial charge in [0.15, 0.2) is 0 Å². The number of nitrogens with zero attached hydrogens (tertiary/aromatic N) is 3. The van der Waals surface area contributed by atoms with E-state index in [-0.39, 0.29) is 0 Å². The van der Waals surface area contributed by atoms with Crippen LogP contribution in [0.2, 0.25) is 0 Å². The number of anilines is 1. The Morgan fingerprint density at radius 2 is 1.84 bits per heavy atom. The molecule has 1 aliphatic rings. The molecule has 0 saturated carbocycles. The summed E-state index contributed by atoms with van der Waals surface area (Å²) in [5.74, 6) is -0.531. The molecule has 130 valence electrons. The fraction of sp³-hybridized carbons (Fsp3) is 0.263. The van der Waals surface area contributed by atoms with Crippen molar-refractivity contribution in [3.63, 3.8) is 0 Å². The van der Waals surface area contributed by atoms with Crippen LogP contribution < -0.4 is 10.4 Å². The molecule has 2 heterocycles. The van der Waals surface area contributed by atoms with E-state index in [4.69, 9.17) is 5.21 Å². The molecule has 0 bridgehead atoms. The molecule has 3 rings (SSSR count). The van der Waals surface area contributed by atoms with Gasteiger partial charge < -0.3 is 4.90 Å². The topological polar surface area (TPSA) is 68.7 Å². The van der Waals surface area contributed by atoms with Gasteiger partial charge in [-0.3, -0.25) is 19.9 Å². The van der Waals surface area contributed by atoms with Crippen molar-refractivity contribution < 1.29 is 10.0 Å². The molecular weight excluding hydrogens is 316 g/mol. The first-order valence-corrected chi connectivity index (χ1v) is 8.33. The van der Waals surface area contributed by atoms with E-state index < -0.39 is 5.91 Å². The molecule has 0 spiro atoms. The van der Waals surface area contributed by atoms with E-state index in [1.54, 1.807) is 11.6 Å². The summed E-state index contributed by atoms with van der Waals surface area (Å²) in [5.41, 5.74) is 4.96. The second-order valence-corrected chi connectivity index (χ2v) is 5.99. The molecule has 1 aromatic heterocycles. The number of para-hydroxylation sites is 1. The van der Waals surface area contributed by atoms with Gasteiger partial charge >= 0.3 is 0 Å². The van der Waals surface area contributed by atoms with Crippen LogP contribution in [0.4, 0.5) is 5.69 Å². The van der Waals surface area contributed by atoms with E-state index in [0.29, 0.717) is 0 Å². The molecule has 1 amide bonds. The molecule has 6 nitrogen and oxygen atoms in total. The van der Waals surface area contributed by atoms with E-state index in [0.717, 1.165) is 44.0 Å². The van der Waals surface area contributed by atoms with Gasteiger partial charge in [-0.05, 0) is 35.4 Å². The van der Waals surface area contributed by atoms with Crippen LogP contribution >= 0.6 is 0 Å². The second-order valence-electron chi connectivity index (χ2n) is 5.99. The third-order valence-electron chi connectivity index (χ3n) is 4.33. The molecule has 2 aromatic rings. The molecule has 2 N–H and O–H groups in total. The Labute approximate surface area is 147 Å². The molecule has 6 heteroatoms. The first kappa shape index (κ1) is 17.1. The number of benzene rings is 1. The third-order valence-corrected chi connectivity index (χ3v) is 4.33. The van der Waals surface area contributed by atoms with Crippen molar-refractivity contribution in [1.29, 1.82) is 0 Å². The Morgan fingerprint density at radius 3 is 2.56 bits per heavy atom. The quantitative estimate of drug-likeness (QED) is 0.495. The molecule has 0 atom stereocenters. The van der Waals surface area contributed by atoms with Gasteiger partial charge in [0.1, 0.15) is 0 Å². The van der Waals surface area contributed by atoms with Crippen LogP contribution in [0.25, 0.3) is 6.08 Å². The second kappa shape index (κ2) is 8.41. The summed E-state index contributed by atoms with van der Waals surface area (Å²) in [6.45, 7) is 4.77. The number of carbonyl (C=O) groups is 1. The summed E-state index contributed by atoms with van der Waals surface area (Å²) in [6.07, 6.45) is 6.72.